The molecule has 9 heteroatoms. The van der Waals surface area contributed by atoms with E-state index < -0.39 is 6.04 Å². The maximum atomic E-state index is 13.6. The van der Waals surface area contributed by atoms with E-state index in [2.05, 4.69) is 20.7 Å². The first kappa shape index (κ1) is 23.3. The molecule has 2 aromatic carbocycles. The van der Waals surface area contributed by atoms with Crippen LogP contribution in [0, 0.1) is 6.92 Å². The average Bonchev–Trinajstić information content (AvgIpc) is 3.24. The van der Waals surface area contributed by atoms with Gasteiger partial charge in [-0.25, -0.2) is 4.68 Å². The van der Waals surface area contributed by atoms with Crippen LogP contribution in [-0.2, 0) is 11.2 Å². The number of benzene rings is 2. The number of anilines is 2. The first-order chi connectivity index (χ1) is 16.5. The predicted molar refractivity (Wildman–Crippen MR) is 129 cm³/mol. The van der Waals surface area contributed by atoms with Crippen LogP contribution in [0.2, 0.25) is 0 Å². The van der Waals surface area contributed by atoms with Gasteiger partial charge in [-0.05, 0) is 49.6 Å². The maximum absolute atomic E-state index is 13.6. The van der Waals surface area contributed by atoms with Crippen molar-refractivity contribution < 1.29 is 19.4 Å². The highest BCUT2D eigenvalue weighted by molar-refractivity contribution is 6.06. The quantitative estimate of drug-likeness (QED) is 0.469. The molecule has 0 aliphatic carbocycles. The Bertz CT molecular complexity index is 1230. The van der Waals surface area contributed by atoms with E-state index in [1.165, 1.54) is 0 Å². The summed E-state index contributed by atoms with van der Waals surface area (Å²) >= 11 is 0. The SMILES string of the molecule is COc1ccc([C@H]2C(C(=O)Nc3ccccc3C)=C(C)Nc3nc(CCCO)nn32)cc1OC. The largest absolute Gasteiger partial charge is 0.493 e. The molecule has 3 aromatic rings. The number of amides is 1. The number of hydrogen-bond donors (Lipinski definition) is 3. The molecule has 0 fully saturated rings. The van der Waals surface area contributed by atoms with E-state index in [4.69, 9.17) is 9.47 Å². The number of aliphatic hydroxyl groups is 1. The topological polar surface area (TPSA) is 111 Å². The molecule has 1 atom stereocenters. The first-order valence-corrected chi connectivity index (χ1v) is 11.1. The smallest absolute Gasteiger partial charge is 0.255 e. The number of aliphatic hydroxyl groups excluding tert-OH is 1. The van der Waals surface area contributed by atoms with Gasteiger partial charge in [0.05, 0.1) is 19.8 Å². The van der Waals surface area contributed by atoms with Crippen LogP contribution in [0.4, 0.5) is 11.6 Å². The Morgan fingerprint density at radius 2 is 1.91 bits per heavy atom. The second kappa shape index (κ2) is 9.96. The molecule has 9 nitrogen and oxygen atoms in total. The third-order valence-corrected chi connectivity index (χ3v) is 5.82. The van der Waals surface area contributed by atoms with Crippen LogP contribution >= 0.6 is 0 Å². The number of fused-ring (bicyclic) bond motifs is 1. The number of rotatable bonds is 8. The zero-order valence-corrected chi connectivity index (χ0v) is 19.8. The van der Waals surface area contributed by atoms with Gasteiger partial charge >= 0.3 is 0 Å². The number of methoxy groups -OCH3 is 2. The van der Waals surface area contributed by atoms with Crippen molar-refractivity contribution in [2.45, 2.75) is 32.7 Å². The van der Waals surface area contributed by atoms with Crippen LogP contribution in [0.15, 0.2) is 53.7 Å². The van der Waals surface area contributed by atoms with Crippen molar-refractivity contribution in [3.8, 4) is 11.5 Å². The van der Waals surface area contributed by atoms with E-state index in [0.717, 1.165) is 16.8 Å². The Morgan fingerprint density at radius 1 is 1.15 bits per heavy atom. The van der Waals surface area contributed by atoms with Gasteiger partial charge in [-0.3, -0.25) is 4.79 Å². The van der Waals surface area contributed by atoms with E-state index in [1.54, 1.807) is 18.9 Å². The molecular weight excluding hydrogens is 434 g/mol. The summed E-state index contributed by atoms with van der Waals surface area (Å²) in [7, 11) is 3.15. The van der Waals surface area contributed by atoms with E-state index in [-0.39, 0.29) is 12.5 Å². The monoisotopic (exact) mass is 463 g/mol. The fourth-order valence-corrected chi connectivity index (χ4v) is 4.07. The molecule has 1 aromatic heterocycles. The Morgan fingerprint density at radius 3 is 2.62 bits per heavy atom. The number of para-hydroxylation sites is 1. The minimum absolute atomic E-state index is 0.0533. The molecule has 1 amide bonds. The van der Waals surface area contributed by atoms with Crippen molar-refractivity contribution in [1.82, 2.24) is 14.8 Å². The molecule has 0 radical (unpaired) electrons. The Kier molecular flexibility index (Phi) is 6.83. The summed E-state index contributed by atoms with van der Waals surface area (Å²) in [6.45, 7) is 3.86. The van der Waals surface area contributed by atoms with Gasteiger partial charge in [-0.15, -0.1) is 0 Å². The molecule has 0 spiro atoms. The molecule has 3 N–H and O–H groups in total. The van der Waals surface area contributed by atoms with Gasteiger partial charge < -0.3 is 25.2 Å². The van der Waals surface area contributed by atoms with Crippen molar-refractivity contribution in [2.75, 3.05) is 31.5 Å². The van der Waals surface area contributed by atoms with Crippen molar-refractivity contribution in [2.24, 2.45) is 0 Å². The average molecular weight is 464 g/mol. The minimum Gasteiger partial charge on any atom is -0.493 e. The highest BCUT2D eigenvalue weighted by Crippen LogP contribution is 2.39. The summed E-state index contributed by atoms with van der Waals surface area (Å²) in [6, 6.07) is 12.6. The number of allylic oxidation sites excluding steroid dienone is 1. The van der Waals surface area contributed by atoms with E-state index in [1.807, 2.05) is 56.3 Å². The molecule has 0 unspecified atom stereocenters. The Labute approximate surface area is 198 Å². The summed E-state index contributed by atoms with van der Waals surface area (Å²) < 4.78 is 12.6. The molecule has 0 bridgehead atoms. The minimum atomic E-state index is -0.546. The lowest BCUT2D eigenvalue weighted by Crippen LogP contribution is -2.31. The number of carbonyl (C=O) groups excluding carboxylic acids is 1. The Balaban J connectivity index is 1.81. The number of aryl methyl sites for hydroxylation is 2. The lowest BCUT2D eigenvalue weighted by Gasteiger charge is -2.29. The fourth-order valence-electron chi connectivity index (χ4n) is 4.07. The second-order valence-electron chi connectivity index (χ2n) is 8.07. The molecule has 34 heavy (non-hydrogen) atoms. The van der Waals surface area contributed by atoms with Crippen molar-refractivity contribution in [3.05, 3.63) is 70.7 Å². The normalized spacial score (nSPS) is 14.9. The van der Waals surface area contributed by atoms with Crippen LogP contribution < -0.4 is 20.1 Å². The number of nitrogens with one attached hydrogen (secondary N) is 2. The van der Waals surface area contributed by atoms with Crippen LogP contribution in [0.3, 0.4) is 0 Å². The summed E-state index contributed by atoms with van der Waals surface area (Å²) in [5, 5.41) is 20.2. The molecule has 2 heterocycles. The zero-order chi connectivity index (χ0) is 24.2. The molecule has 0 saturated heterocycles. The van der Waals surface area contributed by atoms with Crippen LogP contribution in [0.1, 0.15) is 36.3 Å². The number of aromatic nitrogens is 3. The summed E-state index contributed by atoms with van der Waals surface area (Å²) in [6.07, 6.45) is 1.08. The summed E-state index contributed by atoms with van der Waals surface area (Å²) in [4.78, 5) is 18.2. The Hall–Kier alpha value is -3.85. The number of carbonyl (C=O) groups is 1. The summed E-state index contributed by atoms with van der Waals surface area (Å²) in [5.74, 6) is 2.04. The van der Waals surface area contributed by atoms with Gasteiger partial charge in [-0.2, -0.15) is 10.1 Å². The number of hydrogen-bond acceptors (Lipinski definition) is 7. The first-order valence-electron chi connectivity index (χ1n) is 11.1. The third-order valence-electron chi connectivity index (χ3n) is 5.82. The lowest BCUT2D eigenvalue weighted by atomic mass is 9.94. The molecule has 0 saturated carbocycles. The van der Waals surface area contributed by atoms with Gasteiger partial charge in [0.15, 0.2) is 17.3 Å². The predicted octanol–water partition coefficient (Wildman–Crippen LogP) is 3.46. The van der Waals surface area contributed by atoms with E-state index in [9.17, 15) is 9.90 Å². The highest BCUT2D eigenvalue weighted by atomic mass is 16.5. The number of nitrogens with zero attached hydrogens (tertiary/aromatic N) is 3. The van der Waals surface area contributed by atoms with Gasteiger partial charge in [0.2, 0.25) is 5.95 Å². The molecular formula is C25H29N5O4. The van der Waals surface area contributed by atoms with Gasteiger partial charge in [-0.1, -0.05) is 24.3 Å². The maximum Gasteiger partial charge on any atom is 0.255 e. The van der Waals surface area contributed by atoms with E-state index >= 15 is 0 Å². The second-order valence-corrected chi connectivity index (χ2v) is 8.07. The zero-order valence-electron chi connectivity index (χ0n) is 19.8. The van der Waals surface area contributed by atoms with Crippen LogP contribution in [-0.4, -0.2) is 46.6 Å². The van der Waals surface area contributed by atoms with Crippen molar-refractivity contribution in [1.29, 1.82) is 0 Å². The van der Waals surface area contributed by atoms with E-state index in [0.29, 0.717) is 47.4 Å². The third kappa shape index (κ3) is 4.47. The molecule has 178 valence electrons. The van der Waals surface area contributed by atoms with Gasteiger partial charge in [0.1, 0.15) is 6.04 Å². The van der Waals surface area contributed by atoms with Crippen LogP contribution in [0.25, 0.3) is 0 Å². The van der Waals surface area contributed by atoms with Gasteiger partial charge in [0.25, 0.3) is 5.91 Å². The molecule has 1 aliphatic rings. The molecule has 1 aliphatic heterocycles. The van der Waals surface area contributed by atoms with Crippen molar-refractivity contribution >= 4 is 17.5 Å². The summed E-state index contributed by atoms with van der Waals surface area (Å²) in [5.41, 5.74) is 3.70. The molecule has 4 rings (SSSR count). The number of ether oxygens (including phenoxy) is 2. The van der Waals surface area contributed by atoms with Crippen LogP contribution in [0.5, 0.6) is 11.5 Å². The van der Waals surface area contributed by atoms with Crippen molar-refractivity contribution in [3.63, 3.8) is 0 Å². The van der Waals surface area contributed by atoms with Gasteiger partial charge in [0, 0.05) is 24.4 Å². The highest BCUT2D eigenvalue weighted by Gasteiger charge is 2.35. The standard InChI is InChI=1S/C25H29N5O4/c1-15-8-5-6-9-18(15)27-24(32)22-16(2)26-25-28-21(10-7-13-31)29-30(25)23(22)17-11-12-19(33-3)20(14-17)34-4/h5-6,8-9,11-12,14,23,31H,7,10,13H2,1-4H3,(H,27,32)(H,26,28,29)/t23-/m0/s1. The fraction of sp³-hybridized carbons (Fsp3) is 0.320. The lowest BCUT2D eigenvalue weighted by molar-refractivity contribution is -0.113.